The molecular formula is C20H27N3O5. The molecule has 1 aromatic heterocycles. The van der Waals surface area contributed by atoms with Crippen LogP contribution in [0.5, 0.6) is 0 Å². The van der Waals surface area contributed by atoms with Gasteiger partial charge in [-0.15, -0.1) is 0 Å². The van der Waals surface area contributed by atoms with Gasteiger partial charge in [-0.1, -0.05) is 0 Å². The summed E-state index contributed by atoms with van der Waals surface area (Å²) in [5, 5.41) is 13.9. The van der Waals surface area contributed by atoms with E-state index in [9.17, 15) is 19.7 Å². The predicted molar refractivity (Wildman–Crippen MR) is 101 cm³/mol. The second kappa shape index (κ2) is 6.90. The van der Waals surface area contributed by atoms with E-state index in [1.54, 1.807) is 0 Å². The van der Waals surface area contributed by atoms with Crippen LogP contribution in [0.15, 0.2) is 12.3 Å². The van der Waals surface area contributed by atoms with Gasteiger partial charge in [-0.2, -0.15) is 0 Å². The lowest BCUT2D eigenvalue weighted by Gasteiger charge is -2.59. The van der Waals surface area contributed by atoms with Gasteiger partial charge in [0.1, 0.15) is 5.69 Å². The molecule has 8 nitrogen and oxygen atoms in total. The van der Waals surface area contributed by atoms with Crippen LogP contribution in [-0.4, -0.2) is 34.0 Å². The highest BCUT2D eigenvalue weighted by atomic mass is 16.6. The zero-order valence-corrected chi connectivity index (χ0v) is 16.3. The number of hydrogen-bond acceptors (Lipinski definition) is 5. The number of amides is 1. The largest absolute Gasteiger partial charge is 0.451 e. The van der Waals surface area contributed by atoms with E-state index >= 15 is 0 Å². The van der Waals surface area contributed by atoms with Crippen LogP contribution in [0.3, 0.4) is 0 Å². The Balaban J connectivity index is 1.32. The van der Waals surface area contributed by atoms with Crippen molar-refractivity contribution >= 4 is 17.6 Å². The Morgan fingerprint density at radius 3 is 2.36 bits per heavy atom. The van der Waals surface area contributed by atoms with Crippen LogP contribution in [0.2, 0.25) is 0 Å². The van der Waals surface area contributed by atoms with E-state index in [2.05, 4.69) is 12.2 Å². The standard InChI is InChI=1S/C20H27N3O5/c1-12(20-7-13-3-14(8-20)5-15(4-13)9-20)21-18(24)11-28-19(25)17-6-16(23(26)27)10-22(17)2/h6,10,12-15H,3-5,7-9,11H2,1-2H3,(H,21,24)/t12-,13?,14?,15?,20?/m1/s1. The zero-order valence-electron chi connectivity index (χ0n) is 16.3. The molecule has 4 saturated carbocycles. The maximum absolute atomic E-state index is 12.4. The molecule has 4 bridgehead atoms. The Morgan fingerprint density at radius 1 is 1.29 bits per heavy atom. The number of hydrogen-bond donors (Lipinski definition) is 1. The van der Waals surface area contributed by atoms with E-state index < -0.39 is 10.9 Å². The molecule has 1 heterocycles. The van der Waals surface area contributed by atoms with Gasteiger partial charge in [0.15, 0.2) is 6.61 Å². The third-order valence-electron chi connectivity index (χ3n) is 7.13. The molecule has 1 N–H and O–H groups in total. The number of aromatic nitrogens is 1. The van der Waals surface area contributed by atoms with Crippen molar-refractivity contribution in [3.05, 3.63) is 28.1 Å². The highest BCUT2D eigenvalue weighted by Gasteiger charge is 2.53. The van der Waals surface area contributed by atoms with Crippen LogP contribution in [-0.2, 0) is 16.6 Å². The first-order chi connectivity index (χ1) is 13.3. The molecule has 28 heavy (non-hydrogen) atoms. The average molecular weight is 389 g/mol. The average Bonchev–Trinajstić information content (AvgIpc) is 3.00. The summed E-state index contributed by atoms with van der Waals surface area (Å²) in [5.41, 5.74) is 0.0515. The van der Waals surface area contributed by atoms with Crippen LogP contribution >= 0.6 is 0 Å². The Bertz CT molecular complexity index is 779. The quantitative estimate of drug-likeness (QED) is 0.458. The topological polar surface area (TPSA) is 103 Å². The van der Waals surface area contributed by atoms with Crippen LogP contribution in [0.1, 0.15) is 55.9 Å². The maximum Gasteiger partial charge on any atom is 0.355 e. The zero-order chi connectivity index (χ0) is 20.1. The third-order valence-corrected chi connectivity index (χ3v) is 7.13. The molecule has 0 spiro atoms. The normalized spacial score (nSPS) is 31.4. The summed E-state index contributed by atoms with van der Waals surface area (Å²) < 4.78 is 6.42. The summed E-state index contributed by atoms with van der Waals surface area (Å²) in [6.45, 7) is 1.70. The molecule has 0 aliphatic heterocycles. The van der Waals surface area contributed by atoms with Crippen molar-refractivity contribution in [1.82, 2.24) is 9.88 Å². The number of carbonyl (C=O) groups excluding carboxylic acids is 2. The van der Waals surface area contributed by atoms with Crippen molar-refractivity contribution < 1.29 is 19.2 Å². The minimum Gasteiger partial charge on any atom is -0.451 e. The van der Waals surface area contributed by atoms with Crippen molar-refractivity contribution in [3.63, 3.8) is 0 Å². The minimum atomic E-state index is -0.742. The summed E-state index contributed by atoms with van der Waals surface area (Å²) in [7, 11) is 1.53. The van der Waals surface area contributed by atoms with E-state index in [-0.39, 0.29) is 35.4 Å². The predicted octanol–water partition coefficient (Wildman–Crippen LogP) is 2.81. The van der Waals surface area contributed by atoms with Gasteiger partial charge in [-0.3, -0.25) is 14.9 Å². The van der Waals surface area contributed by atoms with Gasteiger partial charge in [0.05, 0.1) is 11.1 Å². The molecule has 1 atom stereocenters. The van der Waals surface area contributed by atoms with Crippen molar-refractivity contribution in [2.75, 3.05) is 6.61 Å². The van der Waals surface area contributed by atoms with Gasteiger partial charge >= 0.3 is 5.97 Å². The van der Waals surface area contributed by atoms with Crippen LogP contribution in [0.4, 0.5) is 5.69 Å². The minimum absolute atomic E-state index is 0.0497. The van der Waals surface area contributed by atoms with Crippen molar-refractivity contribution in [1.29, 1.82) is 0 Å². The molecule has 1 amide bonds. The van der Waals surface area contributed by atoms with E-state index in [4.69, 9.17) is 4.74 Å². The fourth-order valence-corrected chi connectivity index (χ4v) is 6.20. The van der Waals surface area contributed by atoms with Gasteiger partial charge < -0.3 is 14.6 Å². The highest BCUT2D eigenvalue weighted by Crippen LogP contribution is 2.61. The molecule has 0 saturated heterocycles. The number of aryl methyl sites for hydroxylation is 1. The van der Waals surface area contributed by atoms with Crippen molar-refractivity contribution in [2.45, 2.75) is 51.5 Å². The molecule has 0 unspecified atom stereocenters. The first-order valence-electron chi connectivity index (χ1n) is 10.0. The number of nitro groups is 1. The smallest absolute Gasteiger partial charge is 0.355 e. The molecule has 4 aliphatic rings. The second-order valence-corrected chi connectivity index (χ2v) is 9.10. The van der Waals surface area contributed by atoms with Gasteiger partial charge in [0.25, 0.3) is 11.6 Å². The van der Waals surface area contributed by atoms with Crippen LogP contribution in [0, 0.1) is 33.3 Å². The Kier molecular flexibility index (Phi) is 4.67. The molecular weight excluding hydrogens is 362 g/mol. The van der Waals surface area contributed by atoms with E-state index in [0.717, 1.165) is 23.8 Å². The number of carbonyl (C=O) groups is 2. The van der Waals surface area contributed by atoms with Crippen molar-refractivity contribution in [3.8, 4) is 0 Å². The monoisotopic (exact) mass is 389 g/mol. The molecule has 4 fully saturated rings. The summed E-state index contributed by atoms with van der Waals surface area (Å²) in [6, 6.07) is 1.21. The Morgan fingerprint density at radius 2 is 1.86 bits per heavy atom. The van der Waals surface area contributed by atoms with Gasteiger partial charge in [-0.05, 0) is 68.6 Å². The summed E-state index contributed by atoms with van der Waals surface area (Å²) >= 11 is 0. The highest BCUT2D eigenvalue weighted by molar-refractivity contribution is 5.90. The fourth-order valence-electron chi connectivity index (χ4n) is 6.20. The SMILES string of the molecule is C[C@@H](NC(=O)COC(=O)c1cc([N+](=O)[O-])cn1C)C12CC3CC(CC(C3)C1)C2. The summed E-state index contributed by atoms with van der Waals surface area (Å²) in [4.78, 5) is 34.8. The third kappa shape index (κ3) is 3.40. The molecule has 4 aliphatic carbocycles. The molecule has 5 rings (SSSR count). The lowest BCUT2D eigenvalue weighted by Crippen LogP contribution is -2.56. The lowest BCUT2D eigenvalue weighted by atomic mass is 9.48. The number of esters is 1. The number of nitrogens with zero attached hydrogens (tertiary/aromatic N) is 2. The molecule has 0 aromatic carbocycles. The molecule has 152 valence electrons. The van der Waals surface area contributed by atoms with Crippen molar-refractivity contribution in [2.24, 2.45) is 30.2 Å². The molecule has 8 heteroatoms. The summed E-state index contributed by atoms with van der Waals surface area (Å²) in [6.07, 6.45) is 8.85. The van der Waals surface area contributed by atoms with E-state index in [1.165, 1.54) is 56.3 Å². The van der Waals surface area contributed by atoms with Gasteiger partial charge in [-0.25, -0.2) is 4.79 Å². The fraction of sp³-hybridized carbons (Fsp3) is 0.700. The maximum atomic E-state index is 12.4. The van der Waals surface area contributed by atoms with Crippen LogP contribution in [0.25, 0.3) is 0 Å². The van der Waals surface area contributed by atoms with E-state index in [0.29, 0.717) is 0 Å². The molecule has 0 radical (unpaired) electrons. The number of ether oxygens (including phenoxy) is 1. The van der Waals surface area contributed by atoms with Gasteiger partial charge in [0.2, 0.25) is 0 Å². The first kappa shape index (κ1) is 19.0. The Hall–Kier alpha value is -2.38. The van der Waals surface area contributed by atoms with Gasteiger partial charge in [0, 0.05) is 19.2 Å². The van der Waals surface area contributed by atoms with E-state index in [1.807, 2.05) is 0 Å². The number of nitrogens with one attached hydrogen (secondary N) is 1. The number of rotatable bonds is 6. The Labute approximate surface area is 163 Å². The molecule has 1 aromatic rings. The van der Waals surface area contributed by atoms with Crippen LogP contribution < -0.4 is 5.32 Å². The second-order valence-electron chi connectivity index (χ2n) is 9.10. The first-order valence-corrected chi connectivity index (χ1v) is 10.0. The summed E-state index contributed by atoms with van der Waals surface area (Å²) in [5.74, 6) is 1.35. The lowest BCUT2D eigenvalue weighted by molar-refractivity contribution is -0.384.